The highest BCUT2D eigenvalue weighted by Gasteiger charge is 2.29. The molecule has 1 saturated carbocycles. The van der Waals surface area contributed by atoms with Gasteiger partial charge in [0.1, 0.15) is 0 Å². The second-order valence-electron chi connectivity index (χ2n) is 4.61. The Morgan fingerprint density at radius 3 is 2.67 bits per heavy atom. The van der Waals surface area contributed by atoms with Crippen molar-refractivity contribution < 1.29 is 9.90 Å². The molecule has 4 heteroatoms. The Morgan fingerprint density at radius 1 is 1.60 bits per heavy atom. The van der Waals surface area contributed by atoms with Gasteiger partial charge >= 0.3 is 0 Å². The summed E-state index contributed by atoms with van der Waals surface area (Å²) >= 11 is 0. The number of amides is 1. The van der Waals surface area contributed by atoms with E-state index in [0.717, 1.165) is 32.2 Å². The summed E-state index contributed by atoms with van der Waals surface area (Å²) in [6, 6.07) is -0.356. The predicted molar refractivity (Wildman–Crippen MR) is 59.3 cm³/mol. The Labute approximate surface area is 91.4 Å². The fourth-order valence-corrected chi connectivity index (χ4v) is 2.04. The van der Waals surface area contributed by atoms with Gasteiger partial charge in [-0.1, -0.05) is 13.3 Å². The van der Waals surface area contributed by atoms with Gasteiger partial charge in [-0.15, -0.1) is 0 Å². The molecule has 0 aromatic rings. The second kappa shape index (κ2) is 5.47. The van der Waals surface area contributed by atoms with Gasteiger partial charge in [-0.2, -0.15) is 0 Å². The van der Waals surface area contributed by atoms with Gasteiger partial charge < -0.3 is 15.7 Å². The first-order valence-electron chi connectivity index (χ1n) is 5.73. The van der Waals surface area contributed by atoms with E-state index in [2.05, 4.69) is 0 Å². The first-order valence-corrected chi connectivity index (χ1v) is 5.73. The van der Waals surface area contributed by atoms with Gasteiger partial charge in [0.25, 0.3) is 0 Å². The van der Waals surface area contributed by atoms with Crippen molar-refractivity contribution in [3.63, 3.8) is 0 Å². The lowest BCUT2D eigenvalue weighted by Crippen LogP contribution is -2.46. The van der Waals surface area contributed by atoms with Gasteiger partial charge in [0.05, 0.1) is 12.1 Å². The predicted octanol–water partition coefficient (Wildman–Crippen LogP) is 0.343. The summed E-state index contributed by atoms with van der Waals surface area (Å²) in [6.45, 7) is 2.75. The van der Waals surface area contributed by atoms with Crippen LogP contribution in [0.4, 0.5) is 0 Å². The van der Waals surface area contributed by atoms with Gasteiger partial charge in [0, 0.05) is 13.6 Å². The standard InChI is InChI=1S/C11H22N2O2/c1-3-4-10(12)11(15)13(2)7-8-5-9(14)6-8/h8-10,14H,3-7,12H2,1-2H3. The summed E-state index contributed by atoms with van der Waals surface area (Å²) in [7, 11) is 1.79. The van der Waals surface area contributed by atoms with Crippen LogP contribution in [0.15, 0.2) is 0 Å². The number of carbonyl (C=O) groups is 1. The monoisotopic (exact) mass is 214 g/mol. The van der Waals surface area contributed by atoms with Crippen LogP contribution in [0.25, 0.3) is 0 Å². The molecule has 4 nitrogen and oxygen atoms in total. The minimum Gasteiger partial charge on any atom is -0.393 e. The molecule has 1 rings (SSSR count). The third-order valence-corrected chi connectivity index (χ3v) is 3.04. The quantitative estimate of drug-likeness (QED) is 0.693. The smallest absolute Gasteiger partial charge is 0.239 e. The van der Waals surface area contributed by atoms with Crippen LogP contribution in [0.3, 0.4) is 0 Å². The van der Waals surface area contributed by atoms with E-state index in [0.29, 0.717) is 5.92 Å². The Hall–Kier alpha value is -0.610. The molecule has 1 aliphatic rings. The third-order valence-electron chi connectivity index (χ3n) is 3.04. The van der Waals surface area contributed by atoms with E-state index in [1.165, 1.54) is 0 Å². The molecule has 1 unspecified atom stereocenters. The van der Waals surface area contributed by atoms with Crippen molar-refractivity contribution >= 4 is 5.91 Å². The molecule has 0 saturated heterocycles. The third kappa shape index (κ3) is 3.47. The van der Waals surface area contributed by atoms with Crippen molar-refractivity contribution in [2.24, 2.45) is 11.7 Å². The highest BCUT2D eigenvalue weighted by molar-refractivity contribution is 5.81. The molecule has 3 N–H and O–H groups in total. The SMILES string of the molecule is CCCC(N)C(=O)N(C)CC1CC(O)C1. The van der Waals surface area contributed by atoms with Crippen LogP contribution < -0.4 is 5.73 Å². The minimum atomic E-state index is -0.356. The summed E-state index contributed by atoms with van der Waals surface area (Å²) in [4.78, 5) is 13.4. The number of nitrogens with two attached hydrogens (primary N) is 1. The fourth-order valence-electron chi connectivity index (χ4n) is 2.04. The van der Waals surface area contributed by atoms with Gasteiger partial charge in [0.15, 0.2) is 0 Å². The molecule has 88 valence electrons. The van der Waals surface area contributed by atoms with Crippen molar-refractivity contribution in [1.29, 1.82) is 0 Å². The summed E-state index contributed by atoms with van der Waals surface area (Å²) < 4.78 is 0. The number of carbonyl (C=O) groups excluding carboxylic acids is 1. The number of likely N-dealkylation sites (N-methyl/N-ethyl adjacent to an activating group) is 1. The molecule has 0 aromatic heterocycles. The Kier molecular flexibility index (Phi) is 4.54. The number of hydrogen-bond donors (Lipinski definition) is 2. The van der Waals surface area contributed by atoms with E-state index < -0.39 is 0 Å². The number of nitrogens with zero attached hydrogens (tertiary/aromatic N) is 1. The maximum Gasteiger partial charge on any atom is 0.239 e. The first kappa shape index (κ1) is 12.5. The van der Waals surface area contributed by atoms with Crippen LogP contribution in [-0.2, 0) is 4.79 Å². The summed E-state index contributed by atoms with van der Waals surface area (Å²) in [5.74, 6) is 0.487. The molecule has 0 heterocycles. The molecular formula is C11H22N2O2. The lowest BCUT2D eigenvalue weighted by atomic mass is 9.82. The van der Waals surface area contributed by atoms with Crippen LogP contribution in [0, 0.1) is 5.92 Å². The zero-order valence-electron chi connectivity index (χ0n) is 9.65. The molecule has 0 aliphatic heterocycles. The zero-order valence-corrected chi connectivity index (χ0v) is 9.65. The van der Waals surface area contributed by atoms with E-state index in [1.54, 1.807) is 11.9 Å². The van der Waals surface area contributed by atoms with Gasteiger partial charge in [-0.3, -0.25) is 4.79 Å². The number of hydrogen-bond acceptors (Lipinski definition) is 3. The minimum absolute atomic E-state index is 0.0261. The molecule has 0 aromatic carbocycles. The van der Waals surface area contributed by atoms with Crippen LogP contribution in [0.2, 0.25) is 0 Å². The van der Waals surface area contributed by atoms with E-state index in [-0.39, 0.29) is 18.1 Å². The molecule has 1 amide bonds. The van der Waals surface area contributed by atoms with E-state index in [4.69, 9.17) is 10.8 Å². The average Bonchev–Trinajstić information content (AvgIpc) is 2.14. The van der Waals surface area contributed by atoms with Crippen molar-refractivity contribution in [3.05, 3.63) is 0 Å². The largest absolute Gasteiger partial charge is 0.393 e. The molecule has 1 atom stereocenters. The molecule has 0 radical (unpaired) electrons. The van der Waals surface area contributed by atoms with Gasteiger partial charge in [-0.05, 0) is 25.2 Å². The lowest BCUT2D eigenvalue weighted by Gasteiger charge is -2.35. The van der Waals surface area contributed by atoms with E-state index in [1.807, 2.05) is 6.92 Å². The topological polar surface area (TPSA) is 66.6 Å². The van der Waals surface area contributed by atoms with Crippen molar-refractivity contribution in [2.45, 2.75) is 44.8 Å². The van der Waals surface area contributed by atoms with E-state index in [9.17, 15) is 4.79 Å². The lowest BCUT2D eigenvalue weighted by molar-refractivity contribution is -0.133. The highest BCUT2D eigenvalue weighted by atomic mass is 16.3. The summed E-state index contributed by atoms with van der Waals surface area (Å²) in [5, 5.41) is 9.14. The van der Waals surface area contributed by atoms with Crippen LogP contribution in [0.1, 0.15) is 32.6 Å². The van der Waals surface area contributed by atoms with Crippen LogP contribution in [-0.4, -0.2) is 41.7 Å². The van der Waals surface area contributed by atoms with Crippen molar-refractivity contribution in [1.82, 2.24) is 4.90 Å². The van der Waals surface area contributed by atoms with Crippen LogP contribution in [0.5, 0.6) is 0 Å². The molecule has 15 heavy (non-hydrogen) atoms. The maximum absolute atomic E-state index is 11.7. The maximum atomic E-state index is 11.7. The molecule has 0 bridgehead atoms. The summed E-state index contributed by atoms with van der Waals surface area (Å²) in [5.41, 5.74) is 5.75. The molecule has 1 aliphatic carbocycles. The molecule has 0 spiro atoms. The number of aliphatic hydroxyl groups excluding tert-OH is 1. The van der Waals surface area contributed by atoms with Crippen molar-refractivity contribution in [2.75, 3.05) is 13.6 Å². The Morgan fingerprint density at radius 2 is 2.20 bits per heavy atom. The van der Waals surface area contributed by atoms with Gasteiger partial charge in [0.2, 0.25) is 5.91 Å². The zero-order chi connectivity index (χ0) is 11.4. The normalized spacial score (nSPS) is 26.9. The van der Waals surface area contributed by atoms with E-state index >= 15 is 0 Å². The van der Waals surface area contributed by atoms with Crippen molar-refractivity contribution in [3.8, 4) is 0 Å². The van der Waals surface area contributed by atoms with Crippen LogP contribution >= 0.6 is 0 Å². The highest BCUT2D eigenvalue weighted by Crippen LogP contribution is 2.27. The van der Waals surface area contributed by atoms with Gasteiger partial charge in [-0.25, -0.2) is 0 Å². The molecule has 1 fully saturated rings. The second-order valence-corrected chi connectivity index (χ2v) is 4.61. The Bertz CT molecular complexity index is 215. The Balaban J connectivity index is 2.26. The number of aliphatic hydroxyl groups is 1. The number of rotatable bonds is 5. The average molecular weight is 214 g/mol. The fraction of sp³-hybridized carbons (Fsp3) is 0.909. The molecular weight excluding hydrogens is 192 g/mol. The first-order chi connectivity index (χ1) is 7.04. The summed E-state index contributed by atoms with van der Waals surface area (Å²) in [6.07, 6.45) is 3.17.